The van der Waals surface area contributed by atoms with E-state index < -0.39 is 23.7 Å². The van der Waals surface area contributed by atoms with Crippen LogP contribution in [0.2, 0.25) is 0 Å². The molecule has 2 aromatic carbocycles. The second-order valence-electron chi connectivity index (χ2n) is 7.04. The fourth-order valence-corrected chi connectivity index (χ4v) is 2.86. The highest BCUT2D eigenvalue weighted by Gasteiger charge is 2.35. The maximum absolute atomic E-state index is 13.4. The summed E-state index contributed by atoms with van der Waals surface area (Å²) in [4.78, 5) is 24.0. The third kappa shape index (κ3) is 5.70. The summed E-state index contributed by atoms with van der Waals surface area (Å²) in [5, 5.41) is 5.37. The molecule has 0 aromatic heterocycles. The van der Waals surface area contributed by atoms with Gasteiger partial charge < -0.3 is 10.6 Å². The molecule has 0 saturated heterocycles. The van der Waals surface area contributed by atoms with Crippen LogP contribution in [0, 0.1) is 5.92 Å². The van der Waals surface area contributed by atoms with Crippen LogP contribution in [0.4, 0.5) is 18.9 Å². The van der Waals surface area contributed by atoms with E-state index in [0.717, 1.165) is 12.8 Å². The van der Waals surface area contributed by atoms with Gasteiger partial charge in [-0.05, 0) is 43.0 Å². The number of carbonyl (C=O) groups is 2. The molecule has 2 aromatic rings. The molecule has 1 atom stereocenters. The molecule has 1 unspecified atom stereocenters. The first-order valence-corrected chi connectivity index (χ1v) is 9.29. The van der Waals surface area contributed by atoms with E-state index in [1.54, 1.807) is 37.3 Å². The topological polar surface area (TPSA) is 58.2 Å². The summed E-state index contributed by atoms with van der Waals surface area (Å²) in [6, 6.07) is 13.6. The second-order valence-corrected chi connectivity index (χ2v) is 7.04. The summed E-state index contributed by atoms with van der Waals surface area (Å²) in [6.45, 7) is 1.68. The Labute approximate surface area is 166 Å². The summed E-state index contributed by atoms with van der Waals surface area (Å²) in [6.07, 6.45) is -2.26. The zero-order valence-electron chi connectivity index (χ0n) is 15.8. The average Bonchev–Trinajstić information content (AvgIpc) is 3.52. The third-order valence-electron chi connectivity index (χ3n) is 4.65. The van der Waals surface area contributed by atoms with Crippen molar-refractivity contribution in [2.24, 2.45) is 5.92 Å². The second kappa shape index (κ2) is 8.51. The fourth-order valence-electron chi connectivity index (χ4n) is 2.86. The Balaban J connectivity index is 1.67. The van der Waals surface area contributed by atoms with Gasteiger partial charge in [0.25, 0.3) is 0 Å². The summed E-state index contributed by atoms with van der Waals surface area (Å²) < 4.78 is 40.1. The molecule has 4 nitrogen and oxygen atoms in total. The maximum atomic E-state index is 13.4. The molecular formula is C22H21F3N2O2. The fraction of sp³-hybridized carbons (Fsp3) is 0.273. The molecule has 0 aliphatic heterocycles. The van der Waals surface area contributed by atoms with E-state index >= 15 is 0 Å². The molecule has 1 aliphatic carbocycles. The number of allylic oxidation sites excluding steroid dienone is 1. The van der Waals surface area contributed by atoms with Gasteiger partial charge in [0, 0.05) is 17.7 Å². The number of halogens is 3. The quantitative estimate of drug-likeness (QED) is 0.678. The van der Waals surface area contributed by atoms with Crippen LogP contribution in [0.5, 0.6) is 0 Å². The van der Waals surface area contributed by atoms with Crippen molar-refractivity contribution in [1.82, 2.24) is 5.32 Å². The van der Waals surface area contributed by atoms with Crippen molar-refractivity contribution >= 4 is 23.1 Å². The smallest absolute Gasteiger partial charge is 0.346 e. The molecule has 7 heteroatoms. The van der Waals surface area contributed by atoms with E-state index in [1.165, 1.54) is 24.3 Å². The number of alkyl halides is 3. The Morgan fingerprint density at radius 2 is 1.66 bits per heavy atom. The van der Waals surface area contributed by atoms with Gasteiger partial charge in [-0.15, -0.1) is 0 Å². The Hall–Kier alpha value is -3.09. The Morgan fingerprint density at radius 1 is 1.03 bits per heavy atom. The van der Waals surface area contributed by atoms with Gasteiger partial charge in [0.15, 0.2) is 0 Å². The maximum Gasteiger partial charge on any atom is 0.417 e. The van der Waals surface area contributed by atoms with Crippen LogP contribution >= 0.6 is 0 Å². The third-order valence-corrected chi connectivity index (χ3v) is 4.65. The number of hydrogen-bond acceptors (Lipinski definition) is 2. The van der Waals surface area contributed by atoms with Gasteiger partial charge in [-0.1, -0.05) is 42.5 Å². The highest BCUT2D eigenvalue weighted by atomic mass is 19.4. The monoisotopic (exact) mass is 402 g/mol. The number of amides is 2. The molecule has 152 valence electrons. The zero-order chi connectivity index (χ0) is 21.0. The molecule has 2 N–H and O–H groups in total. The predicted molar refractivity (Wildman–Crippen MR) is 105 cm³/mol. The van der Waals surface area contributed by atoms with Crippen LogP contribution in [0.25, 0.3) is 5.57 Å². The SMILES string of the molecule is CC(NC(=O)/C=C(/c1ccccc1)C(F)(F)F)c1ccc(NC(=O)C2CC2)cc1. The Morgan fingerprint density at radius 3 is 2.21 bits per heavy atom. The first-order valence-electron chi connectivity index (χ1n) is 9.29. The molecule has 1 fully saturated rings. The van der Waals surface area contributed by atoms with Crippen LogP contribution < -0.4 is 10.6 Å². The van der Waals surface area contributed by atoms with Gasteiger partial charge in [0.1, 0.15) is 0 Å². The lowest BCUT2D eigenvalue weighted by atomic mass is 10.0. The van der Waals surface area contributed by atoms with E-state index in [1.807, 2.05) is 0 Å². The van der Waals surface area contributed by atoms with Crippen LogP contribution in [0.1, 0.15) is 36.9 Å². The van der Waals surface area contributed by atoms with E-state index in [9.17, 15) is 22.8 Å². The minimum Gasteiger partial charge on any atom is -0.346 e. The number of anilines is 1. The summed E-state index contributed by atoms with van der Waals surface area (Å²) in [5.74, 6) is -0.753. The Kier molecular flexibility index (Phi) is 6.06. The average molecular weight is 402 g/mol. The highest BCUT2D eigenvalue weighted by molar-refractivity contribution is 5.96. The van der Waals surface area contributed by atoms with Crippen molar-refractivity contribution in [3.05, 3.63) is 71.8 Å². The van der Waals surface area contributed by atoms with Crippen molar-refractivity contribution in [2.45, 2.75) is 32.0 Å². The molecule has 0 spiro atoms. The van der Waals surface area contributed by atoms with Gasteiger partial charge in [0.2, 0.25) is 11.8 Å². The van der Waals surface area contributed by atoms with E-state index in [-0.39, 0.29) is 17.4 Å². The van der Waals surface area contributed by atoms with Crippen molar-refractivity contribution in [1.29, 1.82) is 0 Å². The van der Waals surface area contributed by atoms with Crippen molar-refractivity contribution in [2.75, 3.05) is 5.32 Å². The summed E-state index contributed by atoms with van der Waals surface area (Å²) >= 11 is 0. The number of hydrogen-bond donors (Lipinski definition) is 2. The van der Waals surface area contributed by atoms with Gasteiger partial charge in [-0.25, -0.2) is 0 Å². The van der Waals surface area contributed by atoms with Crippen molar-refractivity contribution in [3.63, 3.8) is 0 Å². The molecule has 3 rings (SSSR count). The molecule has 1 aliphatic rings. The lowest BCUT2D eigenvalue weighted by Crippen LogP contribution is -2.26. The van der Waals surface area contributed by atoms with Gasteiger partial charge >= 0.3 is 6.18 Å². The van der Waals surface area contributed by atoms with E-state index in [0.29, 0.717) is 17.3 Å². The predicted octanol–water partition coefficient (Wildman–Crippen LogP) is 4.86. The van der Waals surface area contributed by atoms with Crippen LogP contribution in [0.15, 0.2) is 60.7 Å². The molecule has 29 heavy (non-hydrogen) atoms. The van der Waals surface area contributed by atoms with Gasteiger partial charge in [-0.3, -0.25) is 9.59 Å². The highest BCUT2D eigenvalue weighted by Crippen LogP contribution is 2.33. The number of benzene rings is 2. The van der Waals surface area contributed by atoms with E-state index in [2.05, 4.69) is 10.6 Å². The van der Waals surface area contributed by atoms with Crippen molar-refractivity contribution in [3.8, 4) is 0 Å². The van der Waals surface area contributed by atoms with Crippen molar-refractivity contribution < 1.29 is 22.8 Å². The number of carbonyl (C=O) groups excluding carboxylic acids is 2. The largest absolute Gasteiger partial charge is 0.417 e. The lowest BCUT2D eigenvalue weighted by molar-refractivity contribution is -0.118. The Bertz CT molecular complexity index is 902. The molecule has 0 bridgehead atoms. The number of nitrogens with one attached hydrogen (secondary N) is 2. The zero-order valence-corrected chi connectivity index (χ0v) is 15.8. The lowest BCUT2D eigenvalue weighted by Gasteiger charge is -2.16. The standard InChI is InChI=1S/C22H21F3N2O2/c1-14(15-9-11-18(12-10-15)27-21(29)17-7-8-17)26-20(28)13-19(22(23,24)25)16-5-3-2-4-6-16/h2-6,9-14,17H,7-8H2,1H3,(H,26,28)(H,27,29)/b19-13-. The first kappa shape index (κ1) is 20.6. The first-order chi connectivity index (χ1) is 13.7. The van der Waals surface area contributed by atoms with Gasteiger partial charge in [0.05, 0.1) is 11.6 Å². The van der Waals surface area contributed by atoms with Crippen LogP contribution in [-0.4, -0.2) is 18.0 Å². The minimum absolute atomic E-state index is 0.00942. The molecule has 0 radical (unpaired) electrons. The van der Waals surface area contributed by atoms with E-state index in [4.69, 9.17) is 0 Å². The molecule has 0 heterocycles. The summed E-state index contributed by atoms with van der Waals surface area (Å²) in [7, 11) is 0. The van der Waals surface area contributed by atoms with Gasteiger partial charge in [-0.2, -0.15) is 13.2 Å². The van der Waals surface area contributed by atoms with Crippen LogP contribution in [-0.2, 0) is 9.59 Å². The number of rotatable bonds is 6. The normalized spacial score (nSPS) is 15.5. The molecule has 1 saturated carbocycles. The molecular weight excluding hydrogens is 381 g/mol. The molecule has 2 amide bonds. The minimum atomic E-state index is -4.65. The summed E-state index contributed by atoms with van der Waals surface area (Å²) in [5.41, 5.74) is 0.288. The van der Waals surface area contributed by atoms with Crippen LogP contribution in [0.3, 0.4) is 0 Å².